The summed E-state index contributed by atoms with van der Waals surface area (Å²) in [6.07, 6.45) is 1.41. The molecule has 0 saturated carbocycles. The highest BCUT2D eigenvalue weighted by atomic mass is 32.1. The van der Waals surface area contributed by atoms with Crippen LogP contribution in [0.25, 0.3) is 10.2 Å². The molecular formula is C6H8N3O3PS. The van der Waals surface area contributed by atoms with Crippen LogP contribution in [0.5, 0.6) is 0 Å². The topological polar surface area (TPSA) is 112 Å². The van der Waals surface area contributed by atoms with Crippen molar-refractivity contribution in [1.29, 1.82) is 0 Å². The first-order chi connectivity index (χ1) is 6.61. The predicted molar refractivity (Wildman–Crippen MR) is 55.8 cm³/mol. The van der Waals surface area contributed by atoms with Crippen LogP contribution in [-0.2, 0) is 0 Å². The van der Waals surface area contributed by atoms with Crippen molar-refractivity contribution in [3.05, 3.63) is 28.1 Å². The minimum atomic E-state index is -2.12. The first kappa shape index (κ1) is 11.2. The summed E-state index contributed by atoms with van der Waals surface area (Å²) in [6.45, 7) is 0. The summed E-state index contributed by atoms with van der Waals surface area (Å²) in [7, 11) is -2.12. The summed E-state index contributed by atoms with van der Waals surface area (Å²) in [4.78, 5) is 32.3. The van der Waals surface area contributed by atoms with Gasteiger partial charge in [-0.2, -0.15) is 0 Å². The Morgan fingerprint density at radius 2 is 2.21 bits per heavy atom. The third-order valence-corrected chi connectivity index (χ3v) is 2.15. The van der Waals surface area contributed by atoms with Crippen molar-refractivity contribution in [3.8, 4) is 0 Å². The first-order valence-electron chi connectivity index (χ1n) is 3.44. The fraction of sp³-hybridized carbons (Fsp3) is 0. The van der Waals surface area contributed by atoms with Crippen molar-refractivity contribution >= 4 is 30.1 Å². The number of nitrogens with zero attached hydrogens (tertiary/aromatic N) is 1. The number of thiophene rings is 1. The summed E-state index contributed by atoms with van der Waals surface area (Å²) < 4.78 is 0.697. The molecule has 5 N–H and O–H groups in total. The van der Waals surface area contributed by atoms with E-state index in [2.05, 4.69) is 15.5 Å². The second-order valence-corrected chi connectivity index (χ2v) is 3.74. The molecule has 0 atom stereocenters. The first-order valence-corrected chi connectivity index (χ1v) is 5.64. The molecule has 0 radical (unpaired) electrons. The van der Waals surface area contributed by atoms with Crippen molar-refractivity contribution in [2.24, 2.45) is 5.50 Å². The predicted octanol–water partition coefficient (Wildman–Crippen LogP) is 0.141. The second-order valence-electron chi connectivity index (χ2n) is 2.19. The van der Waals surface area contributed by atoms with Crippen LogP contribution in [0.4, 0.5) is 0 Å². The molecule has 0 aliphatic rings. The number of hydrogen-bond acceptors (Lipinski definition) is 6. The van der Waals surface area contributed by atoms with Gasteiger partial charge in [-0.1, -0.05) is 0 Å². The Morgan fingerprint density at radius 1 is 1.57 bits per heavy atom. The Balaban J connectivity index is 0.000000213. The number of H-pyrrole nitrogens is 1. The Hall–Kier alpha value is -0.850. The summed E-state index contributed by atoms with van der Waals surface area (Å²) in [6, 6.07) is 1.83. The molecule has 0 saturated heterocycles. The molecule has 0 aliphatic carbocycles. The van der Waals surface area contributed by atoms with E-state index < -0.39 is 8.53 Å². The number of aromatic amines is 1. The van der Waals surface area contributed by atoms with Gasteiger partial charge in [-0.05, 0) is 11.4 Å². The standard InChI is InChI=1S/C6H4N2OS.H4NO2P/c9-6-5-4(1-2-10-5)7-3-8-6;1-4(2)3/h1-3H,(H,7,8,9);2-3H,1H2. The van der Waals surface area contributed by atoms with Gasteiger partial charge in [-0.3, -0.25) is 10.3 Å². The molecule has 8 heteroatoms. The average Bonchev–Trinajstić information content (AvgIpc) is 2.52. The SMILES string of the molecule is NP(O)O.O=c1[nH]cnc2ccsc12. The van der Waals surface area contributed by atoms with E-state index >= 15 is 0 Å². The van der Waals surface area contributed by atoms with Crippen LogP contribution in [0.2, 0.25) is 0 Å². The Bertz CT molecular complexity index is 452. The lowest BCUT2D eigenvalue weighted by atomic mass is 10.5. The van der Waals surface area contributed by atoms with Gasteiger partial charge in [-0.25, -0.2) is 4.98 Å². The number of nitrogens with one attached hydrogen (secondary N) is 1. The molecule has 0 amide bonds. The van der Waals surface area contributed by atoms with Gasteiger partial charge >= 0.3 is 0 Å². The van der Waals surface area contributed by atoms with Gasteiger partial charge in [0.25, 0.3) is 5.56 Å². The van der Waals surface area contributed by atoms with Crippen LogP contribution in [-0.4, -0.2) is 19.8 Å². The molecule has 6 nitrogen and oxygen atoms in total. The molecule has 0 aliphatic heterocycles. The van der Waals surface area contributed by atoms with E-state index in [-0.39, 0.29) is 5.56 Å². The summed E-state index contributed by atoms with van der Waals surface area (Å²) in [5.41, 5.74) is 5.00. The van der Waals surface area contributed by atoms with Crippen LogP contribution < -0.4 is 11.1 Å². The molecule has 2 rings (SSSR count). The smallest absolute Gasteiger partial charge is 0.268 e. The maximum Gasteiger partial charge on any atom is 0.268 e. The van der Waals surface area contributed by atoms with E-state index in [0.29, 0.717) is 4.70 Å². The van der Waals surface area contributed by atoms with E-state index in [1.54, 1.807) is 0 Å². The van der Waals surface area contributed by atoms with Gasteiger partial charge in [0, 0.05) is 0 Å². The summed E-state index contributed by atoms with van der Waals surface area (Å²) in [5, 5.41) is 1.85. The normalized spacial score (nSPS) is 10.0. The minimum Gasteiger partial charge on any atom is -0.338 e. The van der Waals surface area contributed by atoms with Gasteiger partial charge in [0.05, 0.1) is 11.8 Å². The lowest BCUT2D eigenvalue weighted by Gasteiger charge is -1.82. The molecule has 2 aromatic heterocycles. The van der Waals surface area contributed by atoms with E-state index in [4.69, 9.17) is 9.79 Å². The highest BCUT2D eigenvalue weighted by molar-refractivity contribution is 7.42. The molecular weight excluding hydrogens is 225 g/mol. The Kier molecular flexibility index (Phi) is 4.12. The molecule has 0 bridgehead atoms. The van der Waals surface area contributed by atoms with Gasteiger partial charge in [0.2, 0.25) is 8.53 Å². The van der Waals surface area contributed by atoms with E-state index in [1.807, 2.05) is 11.4 Å². The second kappa shape index (κ2) is 5.14. The number of fused-ring (bicyclic) bond motifs is 1. The van der Waals surface area contributed by atoms with Crippen molar-refractivity contribution < 1.29 is 9.79 Å². The maximum atomic E-state index is 11.0. The zero-order valence-electron chi connectivity index (χ0n) is 6.91. The van der Waals surface area contributed by atoms with Crippen LogP contribution in [0.1, 0.15) is 0 Å². The highest BCUT2D eigenvalue weighted by Crippen LogP contribution is 2.11. The molecule has 0 unspecified atom stereocenters. The van der Waals surface area contributed by atoms with Crippen molar-refractivity contribution in [1.82, 2.24) is 9.97 Å². The fourth-order valence-electron chi connectivity index (χ4n) is 0.800. The summed E-state index contributed by atoms with van der Waals surface area (Å²) >= 11 is 1.41. The Morgan fingerprint density at radius 3 is 2.79 bits per heavy atom. The largest absolute Gasteiger partial charge is 0.338 e. The zero-order chi connectivity index (χ0) is 10.6. The zero-order valence-corrected chi connectivity index (χ0v) is 8.63. The van der Waals surface area contributed by atoms with Crippen molar-refractivity contribution in [2.45, 2.75) is 0 Å². The molecule has 0 aromatic carbocycles. The fourth-order valence-corrected chi connectivity index (χ4v) is 1.54. The number of aromatic nitrogens is 2. The van der Waals surface area contributed by atoms with Gasteiger partial charge in [-0.15, -0.1) is 11.3 Å². The van der Waals surface area contributed by atoms with Crippen LogP contribution >= 0.6 is 19.9 Å². The molecule has 76 valence electrons. The molecule has 14 heavy (non-hydrogen) atoms. The third kappa shape index (κ3) is 3.13. The Labute approximate surface area is 84.0 Å². The van der Waals surface area contributed by atoms with Crippen LogP contribution in [0.15, 0.2) is 22.6 Å². The molecule has 2 heterocycles. The van der Waals surface area contributed by atoms with Gasteiger partial charge in [0.15, 0.2) is 0 Å². The average molecular weight is 233 g/mol. The van der Waals surface area contributed by atoms with E-state index in [1.165, 1.54) is 17.7 Å². The van der Waals surface area contributed by atoms with E-state index in [0.717, 1.165) is 5.52 Å². The monoisotopic (exact) mass is 233 g/mol. The van der Waals surface area contributed by atoms with Gasteiger partial charge < -0.3 is 14.8 Å². The summed E-state index contributed by atoms with van der Waals surface area (Å²) in [5.74, 6) is 0. The number of rotatable bonds is 0. The maximum absolute atomic E-state index is 11.0. The van der Waals surface area contributed by atoms with Gasteiger partial charge in [0.1, 0.15) is 4.70 Å². The quantitative estimate of drug-likeness (QED) is 0.483. The number of hydrogen-bond donors (Lipinski definition) is 4. The van der Waals surface area contributed by atoms with Crippen molar-refractivity contribution in [2.75, 3.05) is 0 Å². The van der Waals surface area contributed by atoms with Crippen LogP contribution in [0.3, 0.4) is 0 Å². The van der Waals surface area contributed by atoms with E-state index in [9.17, 15) is 4.79 Å². The molecule has 2 aromatic rings. The van der Waals surface area contributed by atoms with Crippen molar-refractivity contribution in [3.63, 3.8) is 0 Å². The lowest BCUT2D eigenvalue weighted by molar-refractivity contribution is 0.485. The highest BCUT2D eigenvalue weighted by Gasteiger charge is 1.97. The minimum absolute atomic E-state index is 0.0556. The van der Waals surface area contributed by atoms with Crippen LogP contribution in [0, 0.1) is 0 Å². The third-order valence-electron chi connectivity index (χ3n) is 1.25. The number of nitrogens with two attached hydrogens (primary N) is 1. The lowest BCUT2D eigenvalue weighted by Crippen LogP contribution is -2.02. The molecule has 0 fully saturated rings. The molecule has 0 spiro atoms.